The number of piperidine rings is 1. The molecule has 1 fully saturated rings. The Morgan fingerprint density at radius 2 is 2.15 bits per heavy atom. The summed E-state index contributed by atoms with van der Waals surface area (Å²) in [5, 5.41) is 3.18. The van der Waals surface area contributed by atoms with Crippen LogP contribution >= 0.6 is 11.8 Å². The summed E-state index contributed by atoms with van der Waals surface area (Å²) in [5.74, 6) is 1.03. The molecule has 0 spiro atoms. The molecule has 0 unspecified atom stereocenters. The summed E-state index contributed by atoms with van der Waals surface area (Å²) >= 11 is 1.78. The van der Waals surface area contributed by atoms with Gasteiger partial charge in [-0.25, -0.2) is 0 Å². The number of hydrogen-bond donors (Lipinski definition) is 1. The fourth-order valence-electron chi connectivity index (χ4n) is 2.63. The summed E-state index contributed by atoms with van der Waals surface area (Å²) < 4.78 is 0. The number of carbonyl (C=O) groups excluding carboxylic acids is 1. The van der Waals surface area contributed by atoms with Crippen LogP contribution in [-0.2, 0) is 5.75 Å². The van der Waals surface area contributed by atoms with Crippen LogP contribution in [-0.4, -0.2) is 42.7 Å². The van der Waals surface area contributed by atoms with Gasteiger partial charge in [-0.3, -0.25) is 4.79 Å². The van der Waals surface area contributed by atoms with Crippen LogP contribution in [0, 0.1) is 0 Å². The van der Waals surface area contributed by atoms with Crippen LogP contribution < -0.4 is 5.32 Å². The molecule has 1 amide bonds. The highest BCUT2D eigenvalue weighted by Gasteiger charge is 2.20. The van der Waals surface area contributed by atoms with Gasteiger partial charge in [-0.1, -0.05) is 19.1 Å². The number of thioether (sulfide) groups is 1. The summed E-state index contributed by atoms with van der Waals surface area (Å²) in [6.45, 7) is 5.48. The topological polar surface area (TPSA) is 32.3 Å². The lowest BCUT2D eigenvalue weighted by Gasteiger charge is -2.31. The maximum Gasteiger partial charge on any atom is 0.251 e. The Morgan fingerprint density at radius 3 is 2.80 bits per heavy atom. The molecule has 1 aliphatic rings. The Kier molecular flexibility index (Phi) is 5.92. The third-order valence-corrected chi connectivity index (χ3v) is 4.49. The first-order valence-corrected chi connectivity index (χ1v) is 8.73. The van der Waals surface area contributed by atoms with Crippen molar-refractivity contribution in [3.05, 3.63) is 35.4 Å². The third-order valence-electron chi connectivity index (χ3n) is 3.87. The van der Waals surface area contributed by atoms with E-state index in [1.165, 1.54) is 5.56 Å². The summed E-state index contributed by atoms with van der Waals surface area (Å²) in [4.78, 5) is 14.7. The molecule has 0 saturated carbocycles. The van der Waals surface area contributed by atoms with Crippen LogP contribution in [0.15, 0.2) is 24.3 Å². The number of benzene rings is 1. The normalized spacial score (nSPS) is 17.1. The van der Waals surface area contributed by atoms with Crippen molar-refractivity contribution in [2.45, 2.75) is 31.6 Å². The molecule has 4 heteroatoms. The van der Waals surface area contributed by atoms with Crippen molar-refractivity contribution in [1.82, 2.24) is 10.2 Å². The van der Waals surface area contributed by atoms with Crippen molar-refractivity contribution in [2.24, 2.45) is 0 Å². The number of nitrogens with zero attached hydrogens (tertiary/aromatic N) is 1. The zero-order valence-electron chi connectivity index (χ0n) is 12.4. The van der Waals surface area contributed by atoms with E-state index in [0.717, 1.165) is 43.8 Å². The van der Waals surface area contributed by atoms with E-state index >= 15 is 0 Å². The molecule has 0 atom stereocenters. The minimum absolute atomic E-state index is 0.0721. The quantitative estimate of drug-likeness (QED) is 0.905. The maximum atomic E-state index is 12.3. The maximum absolute atomic E-state index is 12.3. The van der Waals surface area contributed by atoms with E-state index in [1.807, 2.05) is 18.2 Å². The van der Waals surface area contributed by atoms with Gasteiger partial charge in [-0.2, -0.15) is 11.8 Å². The first-order valence-electron chi connectivity index (χ1n) is 7.34. The molecule has 3 nitrogen and oxygen atoms in total. The van der Waals surface area contributed by atoms with E-state index in [2.05, 4.69) is 29.5 Å². The Hall–Kier alpha value is -1.00. The zero-order valence-corrected chi connectivity index (χ0v) is 13.2. The first-order chi connectivity index (χ1) is 9.72. The highest BCUT2D eigenvalue weighted by Crippen LogP contribution is 2.13. The number of hydrogen-bond acceptors (Lipinski definition) is 3. The molecule has 0 bridgehead atoms. The van der Waals surface area contributed by atoms with Gasteiger partial charge in [0.15, 0.2) is 0 Å². The molecule has 1 N–H and O–H groups in total. The predicted molar refractivity (Wildman–Crippen MR) is 86.3 cm³/mol. The number of nitrogens with one attached hydrogen (secondary N) is 1. The molecule has 0 aliphatic carbocycles. The Bertz CT molecular complexity index is 442. The van der Waals surface area contributed by atoms with Crippen LogP contribution in [0.5, 0.6) is 0 Å². The van der Waals surface area contributed by atoms with E-state index in [9.17, 15) is 4.79 Å². The fraction of sp³-hybridized carbons (Fsp3) is 0.562. The average molecular weight is 292 g/mol. The second-order valence-corrected chi connectivity index (χ2v) is 6.18. The van der Waals surface area contributed by atoms with Crippen LogP contribution in [0.1, 0.15) is 35.7 Å². The minimum atomic E-state index is 0.0721. The van der Waals surface area contributed by atoms with E-state index in [1.54, 1.807) is 11.8 Å². The molecule has 1 aromatic carbocycles. The summed E-state index contributed by atoms with van der Waals surface area (Å²) in [5.41, 5.74) is 2.00. The lowest BCUT2D eigenvalue weighted by molar-refractivity contribution is 0.0912. The molecular weight excluding hydrogens is 268 g/mol. The van der Waals surface area contributed by atoms with Crippen LogP contribution in [0.25, 0.3) is 0 Å². The van der Waals surface area contributed by atoms with Crippen molar-refractivity contribution < 1.29 is 4.79 Å². The Balaban J connectivity index is 1.90. The van der Waals surface area contributed by atoms with Gasteiger partial charge in [0.25, 0.3) is 5.91 Å². The molecule has 0 aromatic heterocycles. The van der Waals surface area contributed by atoms with Gasteiger partial charge in [0.2, 0.25) is 0 Å². The van der Waals surface area contributed by atoms with Crippen molar-refractivity contribution in [2.75, 3.05) is 25.9 Å². The van der Waals surface area contributed by atoms with E-state index < -0.39 is 0 Å². The Labute approximate surface area is 126 Å². The molecule has 1 saturated heterocycles. The van der Waals surface area contributed by atoms with Crippen LogP contribution in [0.4, 0.5) is 0 Å². The van der Waals surface area contributed by atoms with Crippen LogP contribution in [0.3, 0.4) is 0 Å². The molecule has 2 rings (SSSR count). The van der Waals surface area contributed by atoms with E-state index in [0.29, 0.717) is 6.04 Å². The third kappa shape index (κ3) is 4.25. The van der Waals surface area contributed by atoms with Crippen molar-refractivity contribution in [3.8, 4) is 0 Å². The minimum Gasteiger partial charge on any atom is -0.349 e. The van der Waals surface area contributed by atoms with Gasteiger partial charge >= 0.3 is 0 Å². The number of rotatable bonds is 5. The standard InChI is InChI=1S/C16H24N2OS/c1-3-18-9-7-15(8-10-18)17-16(19)14-6-4-5-13(11-14)12-20-2/h4-6,11,15H,3,7-10,12H2,1-2H3,(H,17,19). The fourth-order valence-corrected chi connectivity index (χ4v) is 3.14. The van der Waals surface area contributed by atoms with Gasteiger partial charge in [0.1, 0.15) is 0 Å². The summed E-state index contributed by atoms with van der Waals surface area (Å²) in [7, 11) is 0. The molecule has 20 heavy (non-hydrogen) atoms. The smallest absolute Gasteiger partial charge is 0.251 e. The molecule has 1 aromatic rings. The monoisotopic (exact) mass is 292 g/mol. The number of likely N-dealkylation sites (tertiary alicyclic amines) is 1. The lowest BCUT2D eigenvalue weighted by Crippen LogP contribution is -2.44. The van der Waals surface area contributed by atoms with Gasteiger partial charge in [-0.15, -0.1) is 0 Å². The highest BCUT2D eigenvalue weighted by molar-refractivity contribution is 7.97. The molecule has 110 valence electrons. The average Bonchev–Trinajstić information content (AvgIpc) is 2.48. The Morgan fingerprint density at radius 1 is 1.40 bits per heavy atom. The number of amides is 1. The summed E-state index contributed by atoms with van der Waals surface area (Å²) in [6, 6.07) is 8.29. The first kappa shape index (κ1) is 15.4. The second-order valence-electron chi connectivity index (χ2n) is 5.32. The molecule has 1 aliphatic heterocycles. The van der Waals surface area contributed by atoms with Gasteiger partial charge in [-0.05, 0) is 43.3 Å². The van der Waals surface area contributed by atoms with Crippen LogP contribution in [0.2, 0.25) is 0 Å². The summed E-state index contributed by atoms with van der Waals surface area (Å²) in [6.07, 6.45) is 4.20. The molecule has 0 radical (unpaired) electrons. The van der Waals surface area contributed by atoms with Gasteiger partial charge < -0.3 is 10.2 Å². The van der Waals surface area contributed by atoms with E-state index in [-0.39, 0.29) is 5.91 Å². The lowest BCUT2D eigenvalue weighted by atomic mass is 10.0. The van der Waals surface area contributed by atoms with E-state index in [4.69, 9.17) is 0 Å². The second kappa shape index (κ2) is 7.70. The number of carbonyl (C=O) groups is 1. The molecule has 1 heterocycles. The predicted octanol–water partition coefficient (Wildman–Crippen LogP) is 2.76. The zero-order chi connectivity index (χ0) is 14.4. The SMILES string of the molecule is CCN1CCC(NC(=O)c2cccc(CSC)c2)CC1. The van der Waals surface area contributed by atoms with Gasteiger partial charge in [0.05, 0.1) is 0 Å². The van der Waals surface area contributed by atoms with Crippen molar-refractivity contribution in [3.63, 3.8) is 0 Å². The van der Waals surface area contributed by atoms with Gasteiger partial charge in [0, 0.05) is 30.4 Å². The largest absolute Gasteiger partial charge is 0.349 e. The van der Waals surface area contributed by atoms with Crippen molar-refractivity contribution >= 4 is 17.7 Å². The highest BCUT2D eigenvalue weighted by atomic mass is 32.2. The molecular formula is C16H24N2OS. The van der Waals surface area contributed by atoms with Crippen molar-refractivity contribution in [1.29, 1.82) is 0 Å².